The zero-order chi connectivity index (χ0) is 14.6. The number of benzene rings is 1. The van der Waals surface area contributed by atoms with Gasteiger partial charge in [-0.15, -0.1) is 0 Å². The smallest absolute Gasteiger partial charge is 0.326 e. The first kappa shape index (κ1) is 15.5. The molecule has 0 aliphatic carbocycles. The van der Waals surface area contributed by atoms with Gasteiger partial charge < -0.3 is 15.5 Å². The number of carboxylic acids is 1. The number of nitrogens with one attached hydrogen (secondary N) is 1. The zero-order valence-electron chi connectivity index (χ0n) is 10.7. The van der Waals surface area contributed by atoms with Gasteiger partial charge in [0.2, 0.25) is 0 Å². The van der Waals surface area contributed by atoms with Gasteiger partial charge in [-0.3, -0.25) is 4.79 Å². The quantitative estimate of drug-likeness (QED) is 0.774. The molecule has 0 saturated heterocycles. The van der Waals surface area contributed by atoms with Crippen LogP contribution in [0.3, 0.4) is 0 Å². The van der Waals surface area contributed by atoms with Gasteiger partial charge in [-0.2, -0.15) is 0 Å². The van der Waals surface area contributed by atoms with Crippen LogP contribution in [0.5, 0.6) is 5.75 Å². The summed E-state index contributed by atoms with van der Waals surface area (Å²) in [6.07, 6.45) is 0.329. The SMILES string of the molecule is CC(C)CC(NC(=O)c1cc(Br)ccc1O)C(=O)O. The lowest BCUT2D eigenvalue weighted by molar-refractivity contribution is -0.139. The van der Waals surface area contributed by atoms with Crippen LogP contribution in [-0.2, 0) is 4.79 Å². The van der Waals surface area contributed by atoms with Gasteiger partial charge in [0.15, 0.2) is 0 Å². The number of halogens is 1. The fourth-order valence-corrected chi connectivity index (χ4v) is 1.98. The van der Waals surface area contributed by atoms with Crippen molar-refractivity contribution in [3.8, 4) is 5.75 Å². The first-order valence-corrected chi connectivity index (χ1v) is 6.62. The number of phenolic OH excluding ortho intramolecular Hbond substituents is 1. The molecule has 0 heterocycles. The summed E-state index contributed by atoms with van der Waals surface area (Å²) in [5, 5.41) is 21.1. The van der Waals surface area contributed by atoms with Crippen LogP contribution in [0.2, 0.25) is 0 Å². The molecule has 19 heavy (non-hydrogen) atoms. The normalized spacial score (nSPS) is 12.2. The molecule has 0 aliphatic heterocycles. The molecule has 0 saturated carbocycles. The average Bonchev–Trinajstić information content (AvgIpc) is 2.30. The van der Waals surface area contributed by atoms with E-state index < -0.39 is 17.9 Å². The zero-order valence-corrected chi connectivity index (χ0v) is 12.3. The van der Waals surface area contributed by atoms with E-state index in [-0.39, 0.29) is 17.2 Å². The predicted octanol–water partition coefficient (Wildman–Crippen LogP) is 2.38. The van der Waals surface area contributed by atoms with Gasteiger partial charge in [0.25, 0.3) is 5.91 Å². The maximum atomic E-state index is 12.0. The van der Waals surface area contributed by atoms with Crippen LogP contribution >= 0.6 is 15.9 Å². The summed E-state index contributed by atoms with van der Waals surface area (Å²) in [5.74, 6) is -1.74. The van der Waals surface area contributed by atoms with Crippen molar-refractivity contribution in [2.45, 2.75) is 26.3 Å². The van der Waals surface area contributed by atoms with Crippen LogP contribution in [0.15, 0.2) is 22.7 Å². The van der Waals surface area contributed by atoms with E-state index in [1.807, 2.05) is 13.8 Å². The summed E-state index contributed by atoms with van der Waals surface area (Å²) in [6, 6.07) is 3.44. The third-order valence-corrected chi connectivity index (χ3v) is 3.01. The van der Waals surface area contributed by atoms with Crippen molar-refractivity contribution in [2.24, 2.45) is 5.92 Å². The van der Waals surface area contributed by atoms with E-state index in [1.165, 1.54) is 12.1 Å². The van der Waals surface area contributed by atoms with Gasteiger partial charge in [0, 0.05) is 4.47 Å². The Morgan fingerprint density at radius 2 is 2.00 bits per heavy atom. The number of aromatic hydroxyl groups is 1. The van der Waals surface area contributed by atoms with Crippen molar-refractivity contribution in [3.05, 3.63) is 28.2 Å². The molecule has 104 valence electrons. The summed E-state index contributed by atoms with van der Waals surface area (Å²) in [6.45, 7) is 3.75. The van der Waals surface area contributed by atoms with Crippen molar-refractivity contribution < 1.29 is 19.8 Å². The van der Waals surface area contributed by atoms with Crippen LogP contribution in [0.1, 0.15) is 30.6 Å². The topological polar surface area (TPSA) is 86.6 Å². The highest BCUT2D eigenvalue weighted by Crippen LogP contribution is 2.22. The van der Waals surface area contributed by atoms with Crippen LogP contribution in [0.4, 0.5) is 0 Å². The van der Waals surface area contributed by atoms with Gasteiger partial charge in [0.1, 0.15) is 11.8 Å². The molecule has 1 unspecified atom stereocenters. The van der Waals surface area contributed by atoms with Crippen molar-refractivity contribution >= 4 is 27.8 Å². The van der Waals surface area contributed by atoms with Gasteiger partial charge in [-0.05, 0) is 30.5 Å². The Morgan fingerprint density at radius 1 is 1.37 bits per heavy atom. The second-order valence-electron chi connectivity index (χ2n) is 4.66. The van der Waals surface area contributed by atoms with E-state index >= 15 is 0 Å². The molecule has 1 aromatic rings. The Bertz CT molecular complexity index is 488. The molecule has 0 bridgehead atoms. The number of phenols is 1. The lowest BCUT2D eigenvalue weighted by Crippen LogP contribution is -2.41. The number of carboxylic acid groups (broad SMARTS) is 1. The molecular formula is C13H16BrNO4. The minimum atomic E-state index is -1.09. The molecule has 0 aliphatic rings. The third kappa shape index (κ3) is 4.55. The molecule has 1 atom stereocenters. The molecule has 3 N–H and O–H groups in total. The summed E-state index contributed by atoms with van der Waals surface area (Å²) < 4.78 is 0.631. The van der Waals surface area contributed by atoms with E-state index in [0.29, 0.717) is 10.9 Å². The standard InChI is InChI=1S/C13H16BrNO4/c1-7(2)5-10(13(18)19)15-12(17)9-6-8(14)3-4-11(9)16/h3-4,6-7,10,16H,5H2,1-2H3,(H,15,17)(H,18,19). The van der Waals surface area contributed by atoms with E-state index in [9.17, 15) is 14.7 Å². The molecule has 0 spiro atoms. The van der Waals surface area contributed by atoms with Crippen molar-refractivity contribution in [1.82, 2.24) is 5.32 Å². The van der Waals surface area contributed by atoms with Gasteiger partial charge in [-0.25, -0.2) is 4.79 Å². The number of aliphatic carboxylic acids is 1. The molecular weight excluding hydrogens is 314 g/mol. The Kier molecular flexibility index (Phi) is 5.35. The molecule has 1 aromatic carbocycles. The second kappa shape index (κ2) is 6.56. The lowest BCUT2D eigenvalue weighted by Gasteiger charge is -2.16. The minimum absolute atomic E-state index is 0.0457. The van der Waals surface area contributed by atoms with E-state index in [0.717, 1.165) is 0 Å². The van der Waals surface area contributed by atoms with Crippen molar-refractivity contribution in [2.75, 3.05) is 0 Å². The Hall–Kier alpha value is -1.56. The number of amides is 1. The highest BCUT2D eigenvalue weighted by Gasteiger charge is 2.23. The fourth-order valence-electron chi connectivity index (χ4n) is 1.62. The second-order valence-corrected chi connectivity index (χ2v) is 5.57. The van der Waals surface area contributed by atoms with Gasteiger partial charge >= 0.3 is 5.97 Å². The molecule has 5 nitrogen and oxygen atoms in total. The monoisotopic (exact) mass is 329 g/mol. The Labute approximate surface area is 119 Å². The third-order valence-electron chi connectivity index (χ3n) is 2.51. The Morgan fingerprint density at radius 3 is 2.53 bits per heavy atom. The number of carbonyl (C=O) groups is 2. The minimum Gasteiger partial charge on any atom is -0.507 e. The van der Waals surface area contributed by atoms with Crippen molar-refractivity contribution in [1.29, 1.82) is 0 Å². The maximum Gasteiger partial charge on any atom is 0.326 e. The van der Waals surface area contributed by atoms with E-state index in [1.54, 1.807) is 6.07 Å². The van der Waals surface area contributed by atoms with Crippen molar-refractivity contribution in [3.63, 3.8) is 0 Å². The predicted molar refractivity (Wildman–Crippen MR) is 74.2 cm³/mol. The largest absolute Gasteiger partial charge is 0.507 e. The highest BCUT2D eigenvalue weighted by atomic mass is 79.9. The van der Waals surface area contributed by atoms with Crippen LogP contribution in [0.25, 0.3) is 0 Å². The average molecular weight is 330 g/mol. The first-order chi connectivity index (χ1) is 8.81. The number of carbonyl (C=O) groups excluding carboxylic acids is 1. The molecule has 6 heteroatoms. The fraction of sp³-hybridized carbons (Fsp3) is 0.385. The van der Waals surface area contributed by atoms with Gasteiger partial charge in [-0.1, -0.05) is 29.8 Å². The van der Waals surface area contributed by atoms with Crippen LogP contribution < -0.4 is 5.32 Å². The maximum absolute atomic E-state index is 12.0. The number of hydrogen-bond donors (Lipinski definition) is 3. The van der Waals surface area contributed by atoms with Crippen LogP contribution in [-0.4, -0.2) is 28.1 Å². The highest BCUT2D eigenvalue weighted by molar-refractivity contribution is 9.10. The summed E-state index contributed by atoms with van der Waals surface area (Å²) >= 11 is 3.19. The van der Waals surface area contributed by atoms with Crippen LogP contribution in [0, 0.1) is 5.92 Å². The summed E-state index contributed by atoms with van der Waals surface area (Å²) in [4.78, 5) is 23.0. The first-order valence-electron chi connectivity index (χ1n) is 5.83. The molecule has 0 radical (unpaired) electrons. The Balaban J connectivity index is 2.87. The van der Waals surface area contributed by atoms with E-state index in [4.69, 9.17) is 5.11 Å². The molecule has 1 rings (SSSR count). The summed E-state index contributed by atoms with van der Waals surface area (Å²) in [7, 11) is 0. The number of hydrogen-bond acceptors (Lipinski definition) is 3. The lowest BCUT2D eigenvalue weighted by atomic mass is 10.0. The van der Waals surface area contributed by atoms with E-state index in [2.05, 4.69) is 21.2 Å². The summed E-state index contributed by atoms with van der Waals surface area (Å²) in [5.41, 5.74) is 0.0457. The molecule has 0 fully saturated rings. The molecule has 1 amide bonds. The van der Waals surface area contributed by atoms with Gasteiger partial charge in [0.05, 0.1) is 5.56 Å². The molecule has 0 aromatic heterocycles. The number of rotatable bonds is 5.